The standard InChI is InChI=1S/C16H14O6/c1-3-4-9-5-6-10(12(7-9)21-2)11-8-13(15(17)18)22-14(11)16(19)20/h3,5-8H,1,4H2,2H3,(H,17,18)(H,19,20). The second kappa shape index (κ2) is 6.17. The maximum Gasteiger partial charge on any atom is 0.372 e. The summed E-state index contributed by atoms with van der Waals surface area (Å²) in [6.07, 6.45) is 2.37. The molecular formula is C16H14O6. The summed E-state index contributed by atoms with van der Waals surface area (Å²) in [6, 6.07) is 6.38. The second-order valence-electron chi connectivity index (χ2n) is 4.49. The van der Waals surface area contributed by atoms with Crippen molar-refractivity contribution in [1.82, 2.24) is 0 Å². The monoisotopic (exact) mass is 302 g/mol. The molecule has 22 heavy (non-hydrogen) atoms. The quantitative estimate of drug-likeness (QED) is 0.796. The summed E-state index contributed by atoms with van der Waals surface area (Å²) in [4.78, 5) is 22.2. The largest absolute Gasteiger partial charge is 0.496 e. The zero-order valence-corrected chi connectivity index (χ0v) is 11.8. The van der Waals surface area contributed by atoms with E-state index in [1.54, 1.807) is 24.3 Å². The molecule has 2 aromatic rings. The van der Waals surface area contributed by atoms with Gasteiger partial charge in [-0.1, -0.05) is 18.2 Å². The summed E-state index contributed by atoms with van der Waals surface area (Å²) in [5.41, 5.74) is 1.55. The van der Waals surface area contributed by atoms with Crippen molar-refractivity contribution in [3.05, 3.63) is 54.0 Å². The topological polar surface area (TPSA) is 97.0 Å². The molecule has 114 valence electrons. The van der Waals surface area contributed by atoms with Gasteiger partial charge in [0.15, 0.2) is 0 Å². The molecule has 0 bridgehead atoms. The normalized spacial score (nSPS) is 10.2. The van der Waals surface area contributed by atoms with Gasteiger partial charge in [-0.2, -0.15) is 0 Å². The number of carbonyl (C=O) groups is 2. The summed E-state index contributed by atoms with van der Waals surface area (Å²) < 4.78 is 10.2. The van der Waals surface area contributed by atoms with Crippen molar-refractivity contribution in [3.8, 4) is 16.9 Å². The lowest BCUT2D eigenvalue weighted by atomic mass is 10.0. The first-order valence-corrected chi connectivity index (χ1v) is 6.36. The molecule has 6 heteroatoms. The number of aromatic carboxylic acids is 2. The van der Waals surface area contributed by atoms with Gasteiger partial charge in [0.2, 0.25) is 11.5 Å². The summed E-state index contributed by atoms with van der Waals surface area (Å²) in [6.45, 7) is 3.65. The van der Waals surface area contributed by atoms with E-state index in [-0.39, 0.29) is 5.56 Å². The fraction of sp³-hybridized carbons (Fsp3) is 0.125. The zero-order valence-electron chi connectivity index (χ0n) is 11.8. The molecule has 0 aliphatic carbocycles. The number of furan rings is 1. The van der Waals surface area contributed by atoms with Crippen molar-refractivity contribution < 1.29 is 29.0 Å². The molecule has 0 atom stereocenters. The Labute approximate surface area is 126 Å². The average molecular weight is 302 g/mol. The maximum atomic E-state index is 11.3. The summed E-state index contributed by atoms with van der Waals surface area (Å²) in [7, 11) is 1.45. The third kappa shape index (κ3) is 2.85. The van der Waals surface area contributed by atoms with Crippen LogP contribution in [-0.2, 0) is 6.42 Å². The lowest BCUT2D eigenvalue weighted by Crippen LogP contribution is -1.98. The summed E-state index contributed by atoms with van der Waals surface area (Å²) >= 11 is 0. The second-order valence-corrected chi connectivity index (χ2v) is 4.49. The molecule has 0 radical (unpaired) electrons. The Kier molecular flexibility index (Phi) is 4.31. The highest BCUT2D eigenvalue weighted by Gasteiger charge is 2.24. The third-order valence-electron chi connectivity index (χ3n) is 3.07. The van der Waals surface area contributed by atoms with Crippen LogP contribution in [0.3, 0.4) is 0 Å². The average Bonchev–Trinajstić information content (AvgIpc) is 2.93. The van der Waals surface area contributed by atoms with Crippen LogP contribution in [0.15, 0.2) is 41.3 Å². The molecule has 1 aromatic carbocycles. The smallest absolute Gasteiger partial charge is 0.372 e. The molecule has 2 N–H and O–H groups in total. The van der Waals surface area contributed by atoms with E-state index in [4.69, 9.17) is 14.3 Å². The van der Waals surface area contributed by atoms with Crippen molar-refractivity contribution in [3.63, 3.8) is 0 Å². The highest BCUT2D eigenvalue weighted by Crippen LogP contribution is 2.35. The van der Waals surface area contributed by atoms with E-state index in [1.807, 2.05) is 0 Å². The number of hydrogen-bond acceptors (Lipinski definition) is 4. The molecule has 0 saturated carbocycles. The van der Waals surface area contributed by atoms with Crippen LogP contribution >= 0.6 is 0 Å². The van der Waals surface area contributed by atoms with Gasteiger partial charge in [-0.15, -0.1) is 6.58 Å². The van der Waals surface area contributed by atoms with E-state index in [1.165, 1.54) is 13.2 Å². The van der Waals surface area contributed by atoms with Crippen molar-refractivity contribution in [1.29, 1.82) is 0 Å². The highest BCUT2D eigenvalue weighted by molar-refractivity contribution is 5.97. The van der Waals surface area contributed by atoms with E-state index in [0.717, 1.165) is 5.56 Å². The number of carboxylic acids is 2. The highest BCUT2D eigenvalue weighted by atomic mass is 16.5. The SMILES string of the molecule is C=CCc1ccc(-c2cc(C(=O)O)oc2C(=O)O)c(OC)c1. The Balaban J connectivity index is 2.62. The third-order valence-corrected chi connectivity index (χ3v) is 3.07. The zero-order chi connectivity index (χ0) is 16.3. The van der Waals surface area contributed by atoms with Crippen molar-refractivity contribution >= 4 is 11.9 Å². The molecule has 0 aliphatic heterocycles. The van der Waals surface area contributed by atoms with Gasteiger partial charge < -0.3 is 19.4 Å². The first-order valence-electron chi connectivity index (χ1n) is 6.36. The first-order chi connectivity index (χ1) is 10.5. The number of ether oxygens (including phenoxy) is 1. The van der Waals surface area contributed by atoms with Crippen LogP contribution in [0.2, 0.25) is 0 Å². The predicted molar refractivity (Wildman–Crippen MR) is 78.5 cm³/mol. The van der Waals surface area contributed by atoms with Crippen molar-refractivity contribution in [2.75, 3.05) is 7.11 Å². The Morgan fingerprint density at radius 1 is 1.23 bits per heavy atom. The number of benzene rings is 1. The minimum absolute atomic E-state index is 0.159. The fourth-order valence-electron chi connectivity index (χ4n) is 2.11. The number of carboxylic acid groups (broad SMARTS) is 2. The lowest BCUT2D eigenvalue weighted by Gasteiger charge is -2.09. The molecule has 1 heterocycles. The van der Waals surface area contributed by atoms with E-state index >= 15 is 0 Å². The minimum atomic E-state index is -1.35. The fourth-order valence-corrected chi connectivity index (χ4v) is 2.11. The molecule has 6 nitrogen and oxygen atoms in total. The van der Waals surface area contributed by atoms with E-state index in [0.29, 0.717) is 17.7 Å². The Bertz CT molecular complexity index is 741. The molecule has 0 saturated heterocycles. The molecule has 0 fully saturated rings. The molecule has 2 rings (SSSR count). The summed E-state index contributed by atoms with van der Waals surface area (Å²) in [5.74, 6) is -3.13. The van der Waals surface area contributed by atoms with Crippen LogP contribution < -0.4 is 4.74 Å². The van der Waals surface area contributed by atoms with Crippen LogP contribution in [0.4, 0.5) is 0 Å². The Hall–Kier alpha value is -3.02. The predicted octanol–water partition coefficient (Wildman–Crippen LogP) is 3.08. The van der Waals surface area contributed by atoms with E-state index < -0.39 is 23.5 Å². The summed E-state index contributed by atoms with van der Waals surface area (Å²) in [5, 5.41) is 18.1. The first kappa shape index (κ1) is 15.4. The molecule has 0 unspecified atom stereocenters. The molecule has 0 aliphatic rings. The molecular weight excluding hydrogens is 288 g/mol. The van der Waals surface area contributed by atoms with Gasteiger partial charge in [-0.25, -0.2) is 9.59 Å². The molecule has 0 spiro atoms. The number of methoxy groups -OCH3 is 1. The van der Waals surface area contributed by atoms with Gasteiger partial charge in [-0.05, 0) is 18.1 Å². The number of allylic oxidation sites excluding steroid dienone is 1. The van der Waals surface area contributed by atoms with Gasteiger partial charge in [0, 0.05) is 17.2 Å². The van der Waals surface area contributed by atoms with E-state index in [2.05, 4.69) is 6.58 Å². The van der Waals surface area contributed by atoms with Crippen LogP contribution in [0.1, 0.15) is 26.7 Å². The maximum absolute atomic E-state index is 11.3. The van der Waals surface area contributed by atoms with Gasteiger partial charge in [-0.3, -0.25) is 0 Å². The Morgan fingerprint density at radius 3 is 2.50 bits per heavy atom. The van der Waals surface area contributed by atoms with Gasteiger partial charge >= 0.3 is 11.9 Å². The molecule has 0 amide bonds. The minimum Gasteiger partial charge on any atom is -0.496 e. The van der Waals surface area contributed by atoms with Gasteiger partial charge in [0.05, 0.1) is 7.11 Å². The van der Waals surface area contributed by atoms with Crippen LogP contribution in [-0.4, -0.2) is 29.3 Å². The number of rotatable bonds is 6. The number of hydrogen-bond donors (Lipinski definition) is 2. The molecule has 1 aromatic heterocycles. The lowest BCUT2D eigenvalue weighted by molar-refractivity contribution is 0.0632. The van der Waals surface area contributed by atoms with Crippen molar-refractivity contribution in [2.24, 2.45) is 0 Å². The van der Waals surface area contributed by atoms with Crippen LogP contribution in [0.5, 0.6) is 5.75 Å². The van der Waals surface area contributed by atoms with E-state index in [9.17, 15) is 14.7 Å². The van der Waals surface area contributed by atoms with Gasteiger partial charge in [0.1, 0.15) is 5.75 Å². The van der Waals surface area contributed by atoms with Crippen LogP contribution in [0, 0.1) is 0 Å². The van der Waals surface area contributed by atoms with Gasteiger partial charge in [0.25, 0.3) is 0 Å². The van der Waals surface area contributed by atoms with Crippen molar-refractivity contribution in [2.45, 2.75) is 6.42 Å². The Morgan fingerprint density at radius 2 is 1.95 bits per heavy atom. The van der Waals surface area contributed by atoms with Crippen LogP contribution in [0.25, 0.3) is 11.1 Å².